The van der Waals surface area contributed by atoms with Gasteiger partial charge in [-0.15, -0.1) is 11.8 Å². The van der Waals surface area contributed by atoms with Gasteiger partial charge in [-0.3, -0.25) is 0 Å². The van der Waals surface area contributed by atoms with Gasteiger partial charge >= 0.3 is 0 Å². The van der Waals surface area contributed by atoms with E-state index >= 15 is 0 Å². The number of benzene rings is 1. The first-order valence-corrected chi connectivity index (χ1v) is 6.87. The lowest BCUT2D eigenvalue weighted by Gasteiger charge is -2.03. The Bertz CT molecular complexity index is 537. The molecule has 18 heavy (non-hydrogen) atoms. The smallest absolute Gasteiger partial charge is 0.197 e. The fourth-order valence-corrected chi connectivity index (χ4v) is 2.46. The Morgan fingerprint density at radius 1 is 1.11 bits per heavy atom. The maximum atomic E-state index is 13.1. The monoisotopic (exact) mass is 302 g/mol. The van der Waals surface area contributed by atoms with Crippen LogP contribution in [0.3, 0.4) is 0 Å². The third-order valence-corrected chi connectivity index (χ3v) is 3.71. The van der Waals surface area contributed by atoms with Crippen LogP contribution in [0.1, 0.15) is 11.4 Å². The van der Waals surface area contributed by atoms with E-state index in [4.69, 9.17) is 23.2 Å². The van der Waals surface area contributed by atoms with Crippen molar-refractivity contribution in [2.75, 3.05) is 0 Å². The molecule has 0 amide bonds. The topological polar surface area (TPSA) is 25.8 Å². The Hall–Kier alpha value is -0.840. The summed E-state index contributed by atoms with van der Waals surface area (Å²) in [5.41, 5.74) is 1.20. The van der Waals surface area contributed by atoms with Crippen LogP contribution in [0.5, 0.6) is 0 Å². The average molecular weight is 303 g/mol. The number of thioether (sulfide) groups is 1. The summed E-state index contributed by atoms with van der Waals surface area (Å²) in [7, 11) is 0. The van der Waals surface area contributed by atoms with Gasteiger partial charge in [-0.2, -0.15) is 0 Å². The minimum atomic E-state index is -0.776. The van der Waals surface area contributed by atoms with Crippen molar-refractivity contribution < 1.29 is 4.39 Å². The van der Waals surface area contributed by atoms with Gasteiger partial charge in [0.1, 0.15) is 5.82 Å². The van der Waals surface area contributed by atoms with E-state index in [9.17, 15) is 4.39 Å². The molecule has 0 aliphatic heterocycles. The number of rotatable bonds is 3. The van der Waals surface area contributed by atoms with Crippen LogP contribution >= 0.6 is 35.0 Å². The first kappa shape index (κ1) is 13.6. The lowest BCUT2D eigenvalue weighted by Crippen LogP contribution is -1.97. The molecule has 0 saturated heterocycles. The van der Waals surface area contributed by atoms with E-state index in [2.05, 4.69) is 9.97 Å². The van der Waals surface area contributed by atoms with E-state index in [0.717, 1.165) is 4.90 Å². The minimum absolute atomic E-state index is 0.241. The molecule has 0 saturated carbocycles. The van der Waals surface area contributed by atoms with Crippen molar-refractivity contribution in [3.8, 4) is 0 Å². The van der Waals surface area contributed by atoms with Crippen molar-refractivity contribution >= 4 is 35.0 Å². The summed E-state index contributed by atoms with van der Waals surface area (Å²) in [5.74, 6) is 0.127. The van der Waals surface area contributed by atoms with Gasteiger partial charge < -0.3 is 0 Å². The first-order chi connectivity index (χ1) is 8.56. The summed E-state index contributed by atoms with van der Waals surface area (Å²) < 4.78 is 13.1. The number of hydrogen-bond donors (Lipinski definition) is 0. The Balaban J connectivity index is 2.08. The number of hydrogen-bond acceptors (Lipinski definition) is 3. The molecule has 0 spiro atoms. The molecule has 1 aromatic heterocycles. The Labute approximate surface area is 119 Å². The van der Waals surface area contributed by atoms with Gasteiger partial charge in [0, 0.05) is 4.90 Å². The summed E-state index contributed by atoms with van der Waals surface area (Å²) in [6.07, 6.45) is 0. The van der Waals surface area contributed by atoms with Crippen molar-refractivity contribution in [2.45, 2.75) is 17.6 Å². The quantitative estimate of drug-likeness (QED) is 0.615. The summed E-state index contributed by atoms with van der Waals surface area (Å²) in [4.78, 5) is 8.76. The summed E-state index contributed by atoms with van der Waals surface area (Å²) in [5, 5.41) is -0.482. The fourth-order valence-electron chi connectivity index (χ4n) is 1.28. The standard InChI is InChI=1S/C12H9Cl2FN2S/c1-7-2-4-8(5-3-7)18-6-9-16-11(13)10(15)12(14)17-9/h2-5H,6H2,1H3. The van der Waals surface area contributed by atoms with Crippen LogP contribution < -0.4 is 0 Å². The second kappa shape index (κ2) is 5.87. The van der Waals surface area contributed by atoms with Crippen LogP contribution in [0, 0.1) is 12.7 Å². The largest absolute Gasteiger partial charge is 0.217 e. The molecule has 0 aliphatic rings. The predicted molar refractivity (Wildman–Crippen MR) is 72.8 cm³/mol. The SMILES string of the molecule is Cc1ccc(SCc2nc(Cl)c(F)c(Cl)n2)cc1. The zero-order chi connectivity index (χ0) is 13.1. The molecule has 0 aliphatic carbocycles. The number of aromatic nitrogens is 2. The molecule has 94 valence electrons. The Morgan fingerprint density at radius 2 is 1.67 bits per heavy atom. The highest BCUT2D eigenvalue weighted by Gasteiger charge is 2.11. The van der Waals surface area contributed by atoms with Crippen LogP contribution in [0.15, 0.2) is 29.2 Å². The maximum Gasteiger partial charge on any atom is 0.197 e. The van der Waals surface area contributed by atoms with Crippen molar-refractivity contribution in [3.05, 3.63) is 51.8 Å². The molecule has 0 N–H and O–H groups in total. The second-order valence-corrected chi connectivity index (χ2v) is 5.40. The minimum Gasteiger partial charge on any atom is -0.217 e. The van der Waals surface area contributed by atoms with Crippen molar-refractivity contribution in [1.82, 2.24) is 9.97 Å². The molecule has 2 aromatic rings. The number of nitrogens with zero attached hydrogens (tertiary/aromatic N) is 2. The molecule has 2 rings (SSSR count). The zero-order valence-electron chi connectivity index (χ0n) is 9.45. The highest BCUT2D eigenvalue weighted by Crippen LogP contribution is 2.24. The van der Waals surface area contributed by atoms with Gasteiger partial charge in [0.2, 0.25) is 0 Å². The molecule has 2 nitrogen and oxygen atoms in total. The van der Waals surface area contributed by atoms with Gasteiger partial charge in [0.15, 0.2) is 16.1 Å². The van der Waals surface area contributed by atoms with Crippen molar-refractivity contribution in [1.29, 1.82) is 0 Å². The van der Waals surface area contributed by atoms with Crippen LogP contribution in [-0.4, -0.2) is 9.97 Å². The zero-order valence-corrected chi connectivity index (χ0v) is 11.8. The second-order valence-electron chi connectivity index (χ2n) is 3.64. The van der Waals surface area contributed by atoms with Crippen molar-refractivity contribution in [2.24, 2.45) is 0 Å². The predicted octanol–water partition coefficient (Wildman–Crippen LogP) is 4.52. The molecule has 0 bridgehead atoms. The van der Waals surface area contributed by atoms with E-state index in [1.807, 2.05) is 31.2 Å². The van der Waals surface area contributed by atoms with Crippen LogP contribution in [0.4, 0.5) is 4.39 Å². The molecule has 0 atom stereocenters. The highest BCUT2D eigenvalue weighted by molar-refractivity contribution is 7.98. The van der Waals surface area contributed by atoms with E-state index in [1.165, 1.54) is 5.56 Å². The van der Waals surface area contributed by atoms with Crippen molar-refractivity contribution in [3.63, 3.8) is 0 Å². The third kappa shape index (κ3) is 3.34. The molecule has 1 aromatic carbocycles. The molecule has 0 radical (unpaired) electrons. The molecule has 0 unspecified atom stereocenters. The third-order valence-electron chi connectivity index (χ3n) is 2.21. The lowest BCUT2D eigenvalue weighted by atomic mass is 10.2. The van der Waals surface area contributed by atoms with E-state index < -0.39 is 5.82 Å². The number of halogens is 3. The fraction of sp³-hybridized carbons (Fsp3) is 0.167. The van der Waals surface area contributed by atoms with Gasteiger partial charge in [0.05, 0.1) is 5.75 Å². The molecule has 0 fully saturated rings. The molecular weight excluding hydrogens is 294 g/mol. The van der Waals surface area contributed by atoms with Gasteiger partial charge in [-0.1, -0.05) is 40.9 Å². The van der Waals surface area contributed by atoms with E-state index in [1.54, 1.807) is 11.8 Å². The first-order valence-electron chi connectivity index (χ1n) is 5.13. The number of aryl methyl sites for hydroxylation is 1. The highest BCUT2D eigenvalue weighted by atomic mass is 35.5. The Morgan fingerprint density at radius 3 is 2.22 bits per heavy atom. The average Bonchev–Trinajstić information content (AvgIpc) is 2.35. The van der Waals surface area contributed by atoms with E-state index in [0.29, 0.717) is 11.6 Å². The van der Waals surface area contributed by atoms with Gasteiger partial charge in [-0.05, 0) is 19.1 Å². The Kier molecular flexibility index (Phi) is 4.43. The summed E-state index contributed by atoms with van der Waals surface area (Å²) in [6, 6.07) is 8.06. The lowest BCUT2D eigenvalue weighted by molar-refractivity contribution is 0.612. The van der Waals surface area contributed by atoms with Crippen LogP contribution in [0.2, 0.25) is 10.3 Å². The molecule has 6 heteroatoms. The van der Waals surface area contributed by atoms with Gasteiger partial charge in [0.25, 0.3) is 0 Å². The summed E-state index contributed by atoms with van der Waals surface area (Å²) >= 11 is 12.7. The van der Waals surface area contributed by atoms with Crippen LogP contribution in [0.25, 0.3) is 0 Å². The van der Waals surface area contributed by atoms with Gasteiger partial charge in [-0.25, -0.2) is 14.4 Å². The molecule has 1 heterocycles. The normalized spacial score (nSPS) is 10.7. The summed E-state index contributed by atoms with van der Waals surface area (Å²) in [6.45, 7) is 2.02. The maximum absolute atomic E-state index is 13.1. The van der Waals surface area contributed by atoms with Crippen LogP contribution in [-0.2, 0) is 5.75 Å². The van der Waals surface area contributed by atoms with E-state index in [-0.39, 0.29) is 10.3 Å². The molecular formula is C12H9Cl2FN2S.